The third-order valence-electron chi connectivity index (χ3n) is 8.41. The number of nitrogens with one attached hydrogen (secondary N) is 2. The standard InChI is InChI=1S/C33H36N6O4S/c1-20-24(9-7-10-25(20)36-33(42)43-28-18-22-8-5-6-11-27(22)44-28)26-19-39(4)32(41)30(35-26)34-23-14-12-21(13-15-23)29-31(40)38(3)17-16-37(29)2/h7,9-10,12-15,18-19,29H,5-6,8,11,16-17H2,1-4H3,(H,34,35)(H,36,42)/t29-/m1/s1. The SMILES string of the molecule is Cc1c(NC(=O)Oc2cc3c(s2)CCCC3)cccc1-c1cn(C)c(=O)c(Nc2ccc([C@@H]3C(=O)N(C)CCN3C)cc2)n1. The minimum atomic E-state index is -0.546. The van der Waals surface area contributed by atoms with Gasteiger partial charge in [-0.15, -0.1) is 11.3 Å². The van der Waals surface area contributed by atoms with E-state index in [1.807, 2.05) is 74.4 Å². The quantitative estimate of drug-likeness (QED) is 0.296. The molecule has 2 aromatic carbocycles. The fourth-order valence-corrected chi connectivity index (χ4v) is 6.93. The number of fused-ring (bicyclic) bond motifs is 1. The van der Waals surface area contributed by atoms with Crippen molar-refractivity contribution in [1.82, 2.24) is 19.4 Å². The first-order chi connectivity index (χ1) is 21.2. The highest BCUT2D eigenvalue weighted by Gasteiger charge is 2.32. The lowest BCUT2D eigenvalue weighted by atomic mass is 10.00. The summed E-state index contributed by atoms with van der Waals surface area (Å²) in [5, 5.41) is 6.64. The normalized spacial score (nSPS) is 16.9. The van der Waals surface area contributed by atoms with E-state index in [2.05, 4.69) is 15.6 Å². The maximum Gasteiger partial charge on any atom is 0.417 e. The monoisotopic (exact) mass is 612 g/mol. The smallest absolute Gasteiger partial charge is 0.399 e. The van der Waals surface area contributed by atoms with Gasteiger partial charge in [-0.2, -0.15) is 0 Å². The lowest BCUT2D eigenvalue weighted by Crippen LogP contribution is -2.48. The molecule has 1 saturated heterocycles. The summed E-state index contributed by atoms with van der Waals surface area (Å²) in [6.07, 6.45) is 5.55. The molecule has 228 valence electrons. The number of nitrogens with zero attached hydrogens (tertiary/aromatic N) is 4. The van der Waals surface area contributed by atoms with Gasteiger partial charge in [0.05, 0.1) is 5.69 Å². The topological polar surface area (TPSA) is 109 Å². The van der Waals surface area contributed by atoms with E-state index in [4.69, 9.17) is 4.74 Å². The van der Waals surface area contributed by atoms with Crippen molar-refractivity contribution in [1.29, 1.82) is 0 Å². The number of benzene rings is 2. The Kier molecular flexibility index (Phi) is 8.24. The molecule has 1 fully saturated rings. The highest BCUT2D eigenvalue weighted by Crippen LogP contribution is 2.35. The number of carbonyl (C=O) groups excluding carboxylic acids is 2. The zero-order valence-electron chi connectivity index (χ0n) is 25.3. The molecule has 0 spiro atoms. The zero-order valence-corrected chi connectivity index (χ0v) is 26.2. The van der Waals surface area contributed by atoms with E-state index in [0.717, 1.165) is 36.1 Å². The molecule has 2 amide bonds. The zero-order chi connectivity index (χ0) is 31.0. The van der Waals surface area contributed by atoms with Gasteiger partial charge < -0.3 is 19.5 Å². The van der Waals surface area contributed by atoms with Gasteiger partial charge in [0.1, 0.15) is 6.04 Å². The van der Waals surface area contributed by atoms with Crippen molar-refractivity contribution in [2.24, 2.45) is 7.05 Å². The Labute approximate surface area is 260 Å². The van der Waals surface area contributed by atoms with Crippen LogP contribution in [0.5, 0.6) is 5.06 Å². The first-order valence-electron chi connectivity index (χ1n) is 14.8. The fourth-order valence-electron chi connectivity index (χ4n) is 5.83. The van der Waals surface area contributed by atoms with E-state index in [-0.39, 0.29) is 23.3 Å². The Morgan fingerprint density at radius 2 is 1.80 bits per heavy atom. The van der Waals surface area contributed by atoms with Gasteiger partial charge in [0.15, 0.2) is 10.9 Å². The highest BCUT2D eigenvalue weighted by molar-refractivity contribution is 7.14. The van der Waals surface area contributed by atoms with Crippen molar-refractivity contribution in [2.45, 2.75) is 38.6 Å². The number of piperazine rings is 1. The summed E-state index contributed by atoms with van der Waals surface area (Å²) >= 11 is 1.54. The molecule has 0 unspecified atom stereocenters. The summed E-state index contributed by atoms with van der Waals surface area (Å²) in [4.78, 5) is 48.4. The molecular formula is C33H36N6O4S. The molecule has 1 atom stereocenters. The second kappa shape index (κ2) is 12.3. The molecule has 1 aliphatic heterocycles. The van der Waals surface area contributed by atoms with Crippen LogP contribution in [-0.2, 0) is 24.7 Å². The van der Waals surface area contributed by atoms with Crippen molar-refractivity contribution < 1.29 is 14.3 Å². The van der Waals surface area contributed by atoms with E-state index in [9.17, 15) is 14.4 Å². The second-order valence-electron chi connectivity index (χ2n) is 11.5. The van der Waals surface area contributed by atoms with Gasteiger partial charge in [-0.3, -0.25) is 19.8 Å². The minimum Gasteiger partial charge on any atom is -0.399 e. The fraction of sp³-hybridized carbons (Fsp3) is 0.333. The van der Waals surface area contributed by atoms with E-state index >= 15 is 0 Å². The molecule has 6 rings (SSSR count). The van der Waals surface area contributed by atoms with Crippen LogP contribution in [0.25, 0.3) is 11.3 Å². The summed E-state index contributed by atoms with van der Waals surface area (Å²) < 4.78 is 7.11. The first-order valence-corrected chi connectivity index (χ1v) is 15.6. The lowest BCUT2D eigenvalue weighted by Gasteiger charge is -2.37. The van der Waals surface area contributed by atoms with Crippen molar-refractivity contribution in [2.75, 3.05) is 37.8 Å². The summed E-state index contributed by atoms with van der Waals surface area (Å²) in [6, 6.07) is 14.7. The summed E-state index contributed by atoms with van der Waals surface area (Å²) in [5.41, 5.74) is 5.31. The molecule has 10 nitrogen and oxygen atoms in total. The minimum absolute atomic E-state index is 0.0632. The third-order valence-corrected chi connectivity index (χ3v) is 9.53. The van der Waals surface area contributed by atoms with Gasteiger partial charge in [-0.25, -0.2) is 9.78 Å². The molecule has 4 aromatic rings. The Hall–Kier alpha value is -4.48. The highest BCUT2D eigenvalue weighted by atomic mass is 32.1. The average Bonchev–Trinajstić information content (AvgIpc) is 3.41. The van der Waals surface area contributed by atoms with Crippen molar-refractivity contribution in [3.05, 3.63) is 86.6 Å². The van der Waals surface area contributed by atoms with Gasteiger partial charge >= 0.3 is 6.09 Å². The van der Waals surface area contributed by atoms with E-state index in [1.54, 1.807) is 29.5 Å². The van der Waals surface area contributed by atoms with Crippen LogP contribution in [-0.4, -0.2) is 58.5 Å². The number of likely N-dealkylation sites (N-methyl/N-ethyl adjacent to an activating group) is 2. The summed E-state index contributed by atoms with van der Waals surface area (Å²) in [6.45, 7) is 3.40. The molecule has 44 heavy (non-hydrogen) atoms. The van der Waals surface area contributed by atoms with Crippen LogP contribution in [0.2, 0.25) is 0 Å². The van der Waals surface area contributed by atoms with Crippen LogP contribution >= 0.6 is 11.3 Å². The first kappa shape index (κ1) is 29.6. The molecule has 2 aliphatic rings. The predicted molar refractivity (Wildman–Crippen MR) is 173 cm³/mol. The number of hydrogen-bond donors (Lipinski definition) is 2. The number of aromatic nitrogens is 2. The average molecular weight is 613 g/mol. The number of carbonyl (C=O) groups is 2. The van der Waals surface area contributed by atoms with E-state index in [1.165, 1.54) is 27.8 Å². The predicted octanol–water partition coefficient (Wildman–Crippen LogP) is 5.50. The Balaban J connectivity index is 1.20. The van der Waals surface area contributed by atoms with E-state index < -0.39 is 6.09 Å². The summed E-state index contributed by atoms with van der Waals surface area (Å²) in [5.74, 6) is 0.232. The summed E-state index contributed by atoms with van der Waals surface area (Å²) in [7, 11) is 5.45. The number of thiophene rings is 1. The molecule has 0 bridgehead atoms. The Bertz CT molecular complexity index is 1760. The van der Waals surface area contributed by atoms with E-state index in [0.29, 0.717) is 28.7 Å². The number of hydrogen-bond acceptors (Lipinski definition) is 8. The van der Waals surface area contributed by atoms with Crippen LogP contribution < -0.4 is 20.9 Å². The van der Waals surface area contributed by atoms with Gasteiger partial charge in [0.2, 0.25) is 5.91 Å². The van der Waals surface area contributed by atoms with Crippen molar-refractivity contribution >= 4 is 40.5 Å². The van der Waals surface area contributed by atoms with Crippen LogP contribution in [0, 0.1) is 6.92 Å². The van der Waals surface area contributed by atoms with Crippen LogP contribution in [0.15, 0.2) is 59.5 Å². The number of aryl methyl sites for hydroxylation is 3. The second-order valence-corrected chi connectivity index (χ2v) is 12.6. The van der Waals surface area contributed by atoms with Crippen LogP contribution in [0.3, 0.4) is 0 Å². The van der Waals surface area contributed by atoms with Gasteiger partial charge in [-0.1, -0.05) is 24.3 Å². The van der Waals surface area contributed by atoms with Gasteiger partial charge in [0, 0.05) is 55.2 Å². The van der Waals surface area contributed by atoms with Crippen LogP contribution in [0.1, 0.15) is 40.5 Å². The Morgan fingerprint density at radius 1 is 1.02 bits per heavy atom. The van der Waals surface area contributed by atoms with Gasteiger partial charge in [-0.05, 0) is 80.6 Å². The van der Waals surface area contributed by atoms with Crippen molar-refractivity contribution in [3.63, 3.8) is 0 Å². The van der Waals surface area contributed by atoms with Crippen LogP contribution in [0.4, 0.5) is 22.0 Å². The largest absolute Gasteiger partial charge is 0.417 e. The molecule has 1 aliphatic carbocycles. The molecule has 0 radical (unpaired) electrons. The number of amides is 2. The molecule has 2 aromatic heterocycles. The van der Waals surface area contributed by atoms with Crippen molar-refractivity contribution in [3.8, 4) is 16.3 Å². The maximum atomic E-state index is 13.0. The number of anilines is 3. The molecular weight excluding hydrogens is 576 g/mol. The lowest BCUT2D eigenvalue weighted by molar-refractivity contribution is -0.139. The number of rotatable bonds is 6. The van der Waals surface area contributed by atoms with Gasteiger partial charge in [0.25, 0.3) is 5.56 Å². The number of ether oxygens (including phenoxy) is 1. The molecule has 2 N–H and O–H groups in total. The maximum absolute atomic E-state index is 13.0. The molecule has 3 heterocycles. The molecule has 0 saturated carbocycles. The third kappa shape index (κ3) is 5.97. The molecule has 11 heteroatoms. The Morgan fingerprint density at radius 3 is 2.57 bits per heavy atom.